The van der Waals surface area contributed by atoms with Crippen molar-refractivity contribution in [2.45, 2.75) is 38.0 Å². The van der Waals surface area contributed by atoms with Gasteiger partial charge in [-0.15, -0.1) is 0 Å². The van der Waals surface area contributed by atoms with Gasteiger partial charge in [0.25, 0.3) is 0 Å². The molecule has 2 aliphatic rings. The summed E-state index contributed by atoms with van der Waals surface area (Å²) in [5.41, 5.74) is -0.134. The Morgan fingerprint density at radius 1 is 1.42 bits per heavy atom. The first-order valence-electron chi connectivity index (χ1n) is 8.41. The first-order chi connectivity index (χ1) is 11.6. The van der Waals surface area contributed by atoms with Crippen molar-refractivity contribution < 1.29 is 13.5 Å². The fourth-order valence-corrected chi connectivity index (χ4v) is 3.76. The number of anilines is 1. The number of ether oxygens (including phenoxy) is 1. The molecule has 2 fully saturated rings. The molecule has 2 aromatic heterocycles. The highest BCUT2D eigenvalue weighted by atomic mass is 19.1. The summed E-state index contributed by atoms with van der Waals surface area (Å²) >= 11 is 0. The Kier molecular flexibility index (Phi) is 4.02. The first-order valence-corrected chi connectivity index (χ1v) is 8.41. The van der Waals surface area contributed by atoms with E-state index in [0.29, 0.717) is 12.4 Å². The highest BCUT2D eigenvalue weighted by Crippen LogP contribution is 2.36. The zero-order valence-corrected chi connectivity index (χ0v) is 13.8. The third-order valence-corrected chi connectivity index (χ3v) is 4.88. The monoisotopic (exact) mass is 331 g/mol. The van der Waals surface area contributed by atoms with E-state index in [-0.39, 0.29) is 17.5 Å². The van der Waals surface area contributed by atoms with Gasteiger partial charge in [-0.1, -0.05) is 0 Å². The first kappa shape index (κ1) is 15.6. The van der Waals surface area contributed by atoms with E-state index >= 15 is 0 Å². The molecule has 1 N–H and O–H groups in total. The van der Waals surface area contributed by atoms with Gasteiger partial charge in [0.15, 0.2) is 11.6 Å². The van der Waals surface area contributed by atoms with Gasteiger partial charge < -0.3 is 14.5 Å². The highest BCUT2D eigenvalue weighted by Gasteiger charge is 2.45. The van der Waals surface area contributed by atoms with Gasteiger partial charge >= 0.3 is 0 Å². The van der Waals surface area contributed by atoms with Crippen LogP contribution in [-0.4, -0.2) is 41.2 Å². The van der Waals surface area contributed by atoms with Gasteiger partial charge in [-0.2, -0.15) is 0 Å². The Bertz CT molecular complexity index is 720. The third-order valence-electron chi connectivity index (χ3n) is 4.88. The molecule has 0 aliphatic carbocycles. The molecule has 5 nitrogen and oxygen atoms in total. The van der Waals surface area contributed by atoms with Crippen molar-refractivity contribution in [2.75, 3.05) is 25.0 Å². The van der Waals surface area contributed by atoms with Crippen molar-refractivity contribution in [3.8, 4) is 0 Å². The molecular formula is C18H22FN3O2. The number of aryl methyl sites for hydroxylation is 1. The molecule has 0 aromatic carbocycles. The van der Waals surface area contributed by atoms with Crippen molar-refractivity contribution in [2.24, 2.45) is 0 Å². The summed E-state index contributed by atoms with van der Waals surface area (Å²) in [4.78, 5) is 6.43. The van der Waals surface area contributed by atoms with Gasteiger partial charge in [-0.05, 0) is 37.6 Å². The summed E-state index contributed by atoms with van der Waals surface area (Å²) in [7, 11) is 0. The number of halogens is 1. The lowest BCUT2D eigenvalue weighted by molar-refractivity contribution is 0.0115. The zero-order valence-electron chi connectivity index (χ0n) is 13.8. The van der Waals surface area contributed by atoms with Crippen LogP contribution in [0.5, 0.6) is 0 Å². The van der Waals surface area contributed by atoms with Crippen molar-refractivity contribution in [1.82, 2.24) is 9.88 Å². The van der Waals surface area contributed by atoms with Gasteiger partial charge in [0, 0.05) is 25.7 Å². The Balaban J connectivity index is 1.35. The molecule has 0 radical (unpaired) electrons. The lowest BCUT2D eigenvalue weighted by Gasteiger charge is -2.23. The topological polar surface area (TPSA) is 50.5 Å². The number of nitrogens with zero attached hydrogens (tertiary/aromatic N) is 2. The van der Waals surface area contributed by atoms with Gasteiger partial charge in [-0.25, -0.2) is 9.37 Å². The molecule has 2 aromatic rings. The number of pyridine rings is 1. The van der Waals surface area contributed by atoms with Crippen LogP contribution in [0, 0.1) is 12.7 Å². The maximum absolute atomic E-state index is 13.7. The fraction of sp³-hybridized carbons (Fsp3) is 0.500. The number of rotatable bonds is 4. The minimum Gasteiger partial charge on any atom is -0.465 e. The number of likely N-dealkylation sites (tertiary alicyclic amines) is 1. The van der Waals surface area contributed by atoms with Crippen LogP contribution < -0.4 is 5.32 Å². The molecule has 0 saturated carbocycles. The number of hydrogen-bond donors (Lipinski definition) is 1. The normalized spacial score (nSPS) is 27.2. The van der Waals surface area contributed by atoms with Crippen molar-refractivity contribution in [3.63, 3.8) is 0 Å². The SMILES string of the molecule is Cc1ccc(CN2CC[C@]3(C[C@H](Nc4ncccc4F)CO3)C2)o1. The van der Waals surface area contributed by atoms with Crippen LogP contribution >= 0.6 is 0 Å². The van der Waals surface area contributed by atoms with Crippen molar-refractivity contribution >= 4 is 5.82 Å². The van der Waals surface area contributed by atoms with Gasteiger partial charge in [0.1, 0.15) is 11.5 Å². The van der Waals surface area contributed by atoms with Crippen LogP contribution in [0.4, 0.5) is 10.2 Å². The van der Waals surface area contributed by atoms with Crippen LogP contribution in [0.25, 0.3) is 0 Å². The second-order valence-corrected chi connectivity index (χ2v) is 6.85. The minimum absolute atomic E-state index is 0.0974. The van der Waals surface area contributed by atoms with E-state index in [2.05, 4.69) is 15.2 Å². The summed E-state index contributed by atoms with van der Waals surface area (Å²) in [6.45, 7) is 5.23. The van der Waals surface area contributed by atoms with E-state index in [9.17, 15) is 4.39 Å². The van der Waals surface area contributed by atoms with Crippen molar-refractivity contribution in [1.29, 1.82) is 0 Å². The summed E-state index contributed by atoms with van der Waals surface area (Å²) in [5, 5.41) is 3.18. The van der Waals surface area contributed by atoms with Gasteiger partial charge in [-0.3, -0.25) is 4.90 Å². The van der Waals surface area contributed by atoms with Crippen LogP contribution in [0.2, 0.25) is 0 Å². The minimum atomic E-state index is -0.320. The average molecular weight is 331 g/mol. The van der Waals surface area contributed by atoms with Crippen LogP contribution in [0.3, 0.4) is 0 Å². The van der Waals surface area contributed by atoms with Gasteiger partial charge in [0.2, 0.25) is 0 Å². The molecule has 1 spiro atoms. The molecule has 2 aliphatic heterocycles. The van der Waals surface area contributed by atoms with Crippen LogP contribution in [0.1, 0.15) is 24.4 Å². The predicted octanol–water partition coefficient (Wildman–Crippen LogP) is 2.97. The van der Waals surface area contributed by atoms with E-state index in [4.69, 9.17) is 9.15 Å². The molecular weight excluding hydrogens is 309 g/mol. The summed E-state index contributed by atoms with van der Waals surface area (Å²) in [6.07, 6.45) is 3.46. The predicted molar refractivity (Wildman–Crippen MR) is 88.2 cm³/mol. The van der Waals surface area contributed by atoms with E-state index in [1.165, 1.54) is 6.07 Å². The molecule has 0 amide bonds. The number of hydrogen-bond acceptors (Lipinski definition) is 5. The molecule has 2 saturated heterocycles. The number of nitrogens with one attached hydrogen (secondary N) is 1. The number of aromatic nitrogens is 1. The Morgan fingerprint density at radius 2 is 2.33 bits per heavy atom. The van der Waals surface area contributed by atoms with Crippen LogP contribution in [0.15, 0.2) is 34.9 Å². The molecule has 24 heavy (non-hydrogen) atoms. The van der Waals surface area contributed by atoms with E-state index in [1.807, 2.05) is 19.1 Å². The lowest BCUT2D eigenvalue weighted by Crippen LogP contribution is -2.33. The van der Waals surface area contributed by atoms with E-state index < -0.39 is 0 Å². The zero-order chi connectivity index (χ0) is 16.6. The van der Waals surface area contributed by atoms with Crippen molar-refractivity contribution in [3.05, 3.63) is 47.8 Å². The maximum atomic E-state index is 13.7. The molecule has 2 atom stereocenters. The summed E-state index contributed by atoms with van der Waals surface area (Å²) in [5.74, 6) is 1.93. The standard InChI is InChI=1S/C18H22FN3O2/c1-13-4-5-15(24-13)10-22-8-6-18(12-22)9-14(11-23-18)21-17-16(19)3-2-7-20-17/h2-5,7,14H,6,8-12H2,1H3,(H,20,21)/t14-,18-/m0/s1. The smallest absolute Gasteiger partial charge is 0.165 e. The Labute approximate surface area is 140 Å². The molecule has 0 bridgehead atoms. The van der Waals surface area contributed by atoms with E-state index in [1.54, 1.807) is 12.3 Å². The Morgan fingerprint density at radius 3 is 3.12 bits per heavy atom. The Hall–Kier alpha value is -1.92. The number of furan rings is 1. The lowest BCUT2D eigenvalue weighted by atomic mass is 9.97. The molecule has 4 heterocycles. The van der Waals surface area contributed by atoms with Gasteiger partial charge in [0.05, 0.1) is 24.8 Å². The van der Waals surface area contributed by atoms with E-state index in [0.717, 1.165) is 44.0 Å². The average Bonchev–Trinajstić information content (AvgIpc) is 3.25. The summed E-state index contributed by atoms with van der Waals surface area (Å²) < 4.78 is 25.5. The second kappa shape index (κ2) is 6.18. The third kappa shape index (κ3) is 3.16. The quantitative estimate of drug-likeness (QED) is 0.933. The second-order valence-electron chi connectivity index (χ2n) is 6.85. The molecule has 6 heteroatoms. The molecule has 4 rings (SSSR count). The molecule has 0 unspecified atom stereocenters. The maximum Gasteiger partial charge on any atom is 0.165 e. The highest BCUT2D eigenvalue weighted by molar-refractivity contribution is 5.37. The molecule has 128 valence electrons. The largest absolute Gasteiger partial charge is 0.465 e. The van der Waals surface area contributed by atoms with Crippen LogP contribution in [-0.2, 0) is 11.3 Å². The fourth-order valence-electron chi connectivity index (χ4n) is 3.76. The summed E-state index contributed by atoms with van der Waals surface area (Å²) in [6, 6.07) is 7.14.